The van der Waals surface area contributed by atoms with Gasteiger partial charge in [-0.3, -0.25) is 4.98 Å². The van der Waals surface area contributed by atoms with Gasteiger partial charge in [-0.2, -0.15) is 0 Å². The summed E-state index contributed by atoms with van der Waals surface area (Å²) >= 11 is 0. The van der Waals surface area contributed by atoms with E-state index in [0.717, 1.165) is 16.8 Å². The molecule has 10 heteroatoms. The van der Waals surface area contributed by atoms with Crippen molar-refractivity contribution in [1.82, 2.24) is 20.3 Å². The number of ether oxygens (including phenoxy) is 1. The molecule has 1 fully saturated rings. The van der Waals surface area contributed by atoms with E-state index in [1.54, 1.807) is 30.7 Å². The van der Waals surface area contributed by atoms with Crippen molar-refractivity contribution in [2.24, 2.45) is 11.8 Å². The van der Waals surface area contributed by atoms with Gasteiger partial charge in [0, 0.05) is 55.0 Å². The Bertz CT molecular complexity index is 1070. The van der Waals surface area contributed by atoms with Gasteiger partial charge in [0.1, 0.15) is 5.75 Å². The Hall–Kier alpha value is -3.08. The van der Waals surface area contributed by atoms with Gasteiger partial charge in [0.25, 0.3) is 0 Å². The molecule has 2 aromatic heterocycles. The van der Waals surface area contributed by atoms with E-state index < -0.39 is 12.5 Å². The first-order chi connectivity index (χ1) is 16.3. The topological polar surface area (TPSA) is 100 Å². The largest absolute Gasteiger partial charge is 0.573 e. The van der Waals surface area contributed by atoms with Crippen LogP contribution in [0.3, 0.4) is 0 Å². The molecule has 2 heterocycles. The van der Waals surface area contributed by atoms with Gasteiger partial charge < -0.3 is 20.3 Å². The number of nitrogens with zero attached hydrogens (tertiary/aromatic N) is 3. The molecule has 0 saturated heterocycles. The summed E-state index contributed by atoms with van der Waals surface area (Å²) in [5.41, 5.74) is 2.35. The summed E-state index contributed by atoms with van der Waals surface area (Å²) < 4.78 is 41.0. The second kappa shape index (κ2) is 10.5. The normalized spacial score (nSPS) is 22.6. The lowest BCUT2D eigenvalue weighted by Crippen LogP contribution is -2.36. The number of alkyl halides is 3. The van der Waals surface area contributed by atoms with Gasteiger partial charge in [-0.05, 0) is 54.7 Å². The van der Waals surface area contributed by atoms with E-state index >= 15 is 0 Å². The number of halogens is 3. The van der Waals surface area contributed by atoms with Crippen LogP contribution in [0.4, 0.5) is 13.2 Å². The molecule has 1 saturated carbocycles. The van der Waals surface area contributed by atoms with Gasteiger partial charge in [-0.1, -0.05) is 12.1 Å². The Labute approximate surface area is 194 Å². The minimum atomic E-state index is -4.73. The summed E-state index contributed by atoms with van der Waals surface area (Å²) in [6, 6.07) is 11.0. The lowest BCUT2D eigenvalue weighted by atomic mass is 9.88. The molecule has 7 nitrogen and oxygen atoms in total. The standard InChI is InChI=1S/C24H25F3N4O3/c25-24(26,27)34-18-5-3-15(4-6-18)12-30-21-11-22(33)20(14-32)19(21)10-17-7-9-29-23(31-17)16-2-1-8-28-13-16/h1-9,13,19-22,30,32-33H,10-12,14H2. The van der Waals surface area contributed by atoms with Crippen molar-refractivity contribution in [3.63, 3.8) is 0 Å². The molecule has 1 aromatic carbocycles. The fraction of sp³-hybridized carbons (Fsp3) is 0.375. The molecule has 3 aromatic rings. The number of rotatable bonds is 8. The quantitative estimate of drug-likeness (QED) is 0.461. The number of pyridine rings is 1. The van der Waals surface area contributed by atoms with Crippen molar-refractivity contribution < 1.29 is 28.1 Å². The van der Waals surface area contributed by atoms with Crippen molar-refractivity contribution >= 4 is 0 Å². The Kier molecular flexibility index (Phi) is 7.40. The molecule has 0 radical (unpaired) electrons. The predicted molar refractivity (Wildman–Crippen MR) is 117 cm³/mol. The number of nitrogens with one attached hydrogen (secondary N) is 1. The SMILES string of the molecule is OCC1C(O)CC(NCc2ccc(OC(F)(F)F)cc2)C1Cc1ccnc(-c2cccnc2)n1. The molecule has 0 aliphatic heterocycles. The Morgan fingerprint density at radius 2 is 1.85 bits per heavy atom. The highest BCUT2D eigenvalue weighted by Crippen LogP contribution is 2.35. The number of hydrogen-bond donors (Lipinski definition) is 3. The van der Waals surface area contributed by atoms with E-state index in [9.17, 15) is 23.4 Å². The molecule has 1 aliphatic carbocycles. The number of aromatic nitrogens is 3. The molecule has 1 aliphatic rings. The summed E-state index contributed by atoms with van der Waals surface area (Å²) in [7, 11) is 0. The summed E-state index contributed by atoms with van der Waals surface area (Å²) in [5, 5.41) is 23.8. The number of hydrogen-bond acceptors (Lipinski definition) is 7. The lowest BCUT2D eigenvalue weighted by molar-refractivity contribution is -0.274. The number of aliphatic hydroxyl groups is 2. The molecule has 4 unspecified atom stereocenters. The average Bonchev–Trinajstić information content (AvgIpc) is 3.12. The highest BCUT2D eigenvalue weighted by Gasteiger charge is 2.42. The molecule has 180 valence electrons. The average molecular weight is 474 g/mol. The Morgan fingerprint density at radius 3 is 2.53 bits per heavy atom. The van der Waals surface area contributed by atoms with Crippen LogP contribution >= 0.6 is 0 Å². The first-order valence-corrected chi connectivity index (χ1v) is 10.9. The zero-order valence-corrected chi connectivity index (χ0v) is 18.2. The van der Waals surface area contributed by atoms with Crippen LogP contribution in [0.15, 0.2) is 61.1 Å². The van der Waals surface area contributed by atoms with E-state index in [-0.39, 0.29) is 30.2 Å². The monoisotopic (exact) mass is 474 g/mol. The van der Waals surface area contributed by atoms with Crippen LogP contribution in [0.5, 0.6) is 5.75 Å². The molecule has 4 rings (SSSR count). The van der Waals surface area contributed by atoms with E-state index in [1.807, 2.05) is 18.2 Å². The summed E-state index contributed by atoms with van der Waals surface area (Å²) in [4.78, 5) is 13.1. The lowest BCUT2D eigenvalue weighted by Gasteiger charge is -2.25. The highest BCUT2D eigenvalue weighted by molar-refractivity contribution is 5.52. The molecular formula is C24H25F3N4O3. The predicted octanol–water partition coefficient (Wildman–Crippen LogP) is 3.13. The zero-order chi connectivity index (χ0) is 24.1. The molecule has 34 heavy (non-hydrogen) atoms. The van der Waals surface area contributed by atoms with Crippen molar-refractivity contribution in [2.75, 3.05) is 6.61 Å². The molecule has 0 bridgehead atoms. The maximum Gasteiger partial charge on any atom is 0.573 e. The van der Waals surface area contributed by atoms with Crippen molar-refractivity contribution in [3.8, 4) is 17.1 Å². The maximum absolute atomic E-state index is 12.4. The van der Waals surface area contributed by atoms with Crippen molar-refractivity contribution in [3.05, 3.63) is 72.3 Å². The second-order valence-corrected chi connectivity index (χ2v) is 8.31. The third-order valence-corrected chi connectivity index (χ3v) is 6.07. The third-order valence-electron chi connectivity index (χ3n) is 6.07. The molecule has 3 N–H and O–H groups in total. The summed E-state index contributed by atoms with van der Waals surface area (Å²) in [6.45, 7) is 0.233. The number of aliphatic hydroxyl groups excluding tert-OH is 2. The molecular weight excluding hydrogens is 449 g/mol. The van der Waals surface area contributed by atoms with Gasteiger partial charge in [0.2, 0.25) is 0 Å². The van der Waals surface area contributed by atoms with E-state index in [2.05, 4.69) is 25.0 Å². The van der Waals surface area contributed by atoms with Crippen LogP contribution in [0.25, 0.3) is 11.4 Å². The van der Waals surface area contributed by atoms with Gasteiger partial charge in [0.05, 0.1) is 6.10 Å². The molecule has 0 amide bonds. The van der Waals surface area contributed by atoms with E-state index in [4.69, 9.17) is 0 Å². The van der Waals surface area contributed by atoms with Gasteiger partial charge in [-0.25, -0.2) is 9.97 Å². The van der Waals surface area contributed by atoms with E-state index in [1.165, 1.54) is 12.1 Å². The second-order valence-electron chi connectivity index (χ2n) is 8.31. The summed E-state index contributed by atoms with van der Waals surface area (Å²) in [5.74, 6) is -0.143. The number of benzene rings is 1. The first-order valence-electron chi connectivity index (χ1n) is 10.9. The van der Waals surface area contributed by atoms with Crippen LogP contribution in [0, 0.1) is 11.8 Å². The molecule has 0 spiro atoms. The van der Waals surface area contributed by atoms with Crippen LogP contribution in [-0.4, -0.2) is 50.3 Å². The van der Waals surface area contributed by atoms with Crippen molar-refractivity contribution in [2.45, 2.75) is 37.9 Å². The van der Waals surface area contributed by atoms with Crippen LogP contribution in [0.2, 0.25) is 0 Å². The van der Waals surface area contributed by atoms with Crippen LogP contribution in [-0.2, 0) is 13.0 Å². The maximum atomic E-state index is 12.4. The first kappa shape index (κ1) is 24.1. The van der Waals surface area contributed by atoms with Crippen LogP contribution in [0.1, 0.15) is 17.7 Å². The van der Waals surface area contributed by atoms with Gasteiger partial charge in [0.15, 0.2) is 5.82 Å². The van der Waals surface area contributed by atoms with Gasteiger partial charge in [-0.15, -0.1) is 13.2 Å². The Morgan fingerprint density at radius 1 is 1.06 bits per heavy atom. The zero-order valence-electron chi connectivity index (χ0n) is 18.2. The van der Waals surface area contributed by atoms with Crippen LogP contribution < -0.4 is 10.1 Å². The smallest absolute Gasteiger partial charge is 0.406 e. The van der Waals surface area contributed by atoms with Gasteiger partial charge >= 0.3 is 6.36 Å². The fourth-order valence-corrected chi connectivity index (χ4v) is 4.42. The Balaban J connectivity index is 1.44. The summed E-state index contributed by atoms with van der Waals surface area (Å²) in [6.07, 6.45) is 0.604. The minimum absolute atomic E-state index is 0.0931. The molecule has 4 atom stereocenters. The highest BCUT2D eigenvalue weighted by atomic mass is 19.4. The minimum Gasteiger partial charge on any atom is -0.406 e. The third kappa shape index (κ3) is 6.07. The fourth-order valence-electron chi connectivity index (χ4n) is 4.42. The van der Waals surface area contributed by atoms with E-state index in [0.29, 0.717) is 25.2 Å². The van der Waals surface area contributed by atoms with Crippen molar-refractivity contribution in [1.29, 1.82) is 0 Å².